The van der Waals surface area contributed by atoms with Crippen LogP contribution in [-0.2, 0) is 35.3 Å². The molecule has 2 aromatic carbocycles. The number of unbranched alkanes of at least 4 members (excludes halogenated alkanes) is 1. The molecule has 4 rings (SSSR count). The van der Waals surface area contributed by atoms with Crippen molar-refractivity contribution in [2.75, 3.05) is 10.6 Å². The monoisotopic (exact) mass is 564 g/mol. The van der Waals surface area contributed by atoms with Crippen molar-refractivity contribution >= 4 is 44.8 Å². The first-order chi connectivity index (χ1) is 18.2. The van der Waals surface area contributed by atoms with Gasteiger partial charge in [-0.3, -0.25) is 9.59 Å². The summed E-state index contributed by atoms with van der Waals surface area (Å²) in [7, 11) is 0. The maximum absolute atomic E-state index is 13.3. The lowest BCUT2D eigenvalue weighted by atomic mass is 10.1. The van der Waals surface area contributed by atoms with Crippen molar-refractivity contribution in [2.45, 2.75) is 38.5 Å². The van der Waals surface area contributed by atoms with E-state index in [2.05, 4.69) is 31.0 Å². The van der Waals surface area contributed by atoms with E-state index in [0.29, 0.717) is 34.2 Å². The largest absolute Gasteiger partial charge is 0.300 e. The summed E-state index contributed by atoms with van der Waals surface area (Å²) in [5, 5.41) is 23.3. The first kappa shape index (κ1) is 27.3. The lowest BCUT2D eigenvalue weighted by Crippen LogP contribution is -2.14. The SMILES string of the molecule is O=C(Cc1ccc(F)c(F)c1)Nc1nnc(CCCCc2nnc(NC(=O)Cc3ccc(F)c(F)c3)s2)s1. The van der Waals surface area contributed by atoms with E-state index in [0.717, 1.165) is 47.1 Å². The van der Waals surface area contributed by atoms with Crippen LogP contribution in [0.2, 0.25) is 0 Å². The van der Waals surface area contributed by atoms with Gasteiger partial charge in [0.25, 0.3) is 0 Å². The molecule has 0 unspecified atom stereocenters. The normalized spacial score (nSPS) is 10.9. The molecule has 0 fully saturated rings. The Morgan fingerprint density at radius 2 is 1.05 bits per heavy atom. The minimum atomic E-state index is -1.01. The molecule has 0 spiro atoms. The van der Waals surface area contributed by atoms with Crippen LogP contribution in [0.5, 0.6) is 0 Å². The molecule has 38 heavy (non-hydrogen) atoms. The molecule has 2 amide bonds. The number of nitrogens with zero attached hydrogens (tertiary/aromatic N) is 4. The summed E-state index contributed by atoms with van der Waals surface area (Å²) in [6.45, 7) is 0. The van der Waals surface area contributed by atoms with Gasteiger partial charge >= 0.3 is 0 Å². The number of nitrogens with one attached hydrogen (secondary N) is 2. The molecule has 2 N–H and O–H groups in total. The number of aryl methyl sites for hydroxylation is 2. The number of anilines is 2. The fourth-order valence-corrected chi connectivity index (χ4v) is 4.96. The van der Waals surface area contributed by atoms with Gasteiger partial charge in [-0.1, -0.05) is 34.8 Å². The number of amides is 2. The second-order valence-corrected chi connectivity index (χ2v) is 10.3. The molecule has 0 aliphatic carbocycles. The highest BCUT2D eigenvalue weighted by molar-refractivity contribution is 7.15. The van der Waals surface area contributed by atoms with Gasteiger partial charge in [0.2, 0.25) is 22.1 Å². The van der Waals surface area contributed by atoms with Gasteiger partial charge in [0.1, 0.15) is 10.0 Å². The van der Waals surface area contributed by atoms with Crippen LogP contribution in [0, 0.1) is 23.3 Å². The van der Waals surface area contributed by atoms with Crippen LogP contribution in [-0.4, -0.2) is 32.2 Å². The smallest absolute Gasteiger partial charge is 0.230 e. The summed E-state index contributed by atoms with van der Waals surface area (Å²) < 4.78 is 52.6. The molecular formula is C24H20F4N6O2S2. The van der Waals surface area contributed by atoms with Gasteiger partial charge in [0.15, 0.2) is 23.3 Å². The average molecular weight is 565 g/mol. The standard InChI is InChI=1S/C24H20F4N6O2S2/c25-15-7-5-13(9-17(15)27)11-19(35)29-23-33-31-21(37-23)3-1-2-4-22-32-34-24(38-22)30-20(36)12-14-6-8-16(26)18(28)10-14/h5-10H,1-4,11-12H2,(H,29,33,35)(H,30,34,36). The van der Waals surface area contributed by atoms with Crippen molar-refractivity contribution < 1.29 is 27.2 Å². The molecule has 198 valence electrons. The minimum absolute atomic E-state index is 0.124. The molecule has 0 aliphatic heterocycles. The van der Waals surface area contributed by atoms with E-state index in [4.69, 9.17) is 0 Å². The average Bonchev–Trinajstić information content (AvgIpc) is 3.50. The van der Waals surface area contributed by atoms with Gasteiger partial charge in [-0.15, -0.1) is 20.4 Å². The highest BCUT2D eigenvalue weighted by Gasteiger charge is 2.13. The molecule has 0 bridgehead atoms. The summed E-state index contributed by atoms with van der Waals surface area (Å²) in [6.07, 6.45) is 2.56. The Labute approximate surface area is 222 Å². The number of carbonyl (C=O) groups excluding carboxylic acids is 2. The number of hydrogen-bond donors (Lipinski definition) is 2. The molecule has 2 aromatic heterocycles. The number of aromatic nitrogens is 4. The first-order valence-electron chi connectivity index (χ1n) is 11.4. The Morgan fingerprint density at radius 3 is 1.45 bits per heavy atom. The lowest BCUT2D eigenvalue weighted by molar-refractivity contribution is -0.116. The van der Waals surface area contributed by atoms with E-state index in [1.807, 2.05) is 0 Å². The predicted molar refractivity (Wildman–Crippen MR) is 134 cm³/mol. The molecule has 14 heteroatoms. The second kappa shape index (κ2) is 12.6. The van der Waals surface area contributed by atoms with Crippen molar-refractivity contribution in [2.24, 2.45) is 0 Å². The third-order valence-corrected chi connectivity index (χ3v) is 6.95. The van der Waals surface area contributed by atoms with Crippen LogP contribution in [0.4, 0.5) is 27.8 Å². The summed E-state index contributed by atoms with van der Waals surface area (Å²) in [5.41, 5.74) is 0.683. The topological polar surface area (TPSA) is 110 Å². The maximum Gasteiger partial charge on any atom is 0.230 e. The van der Waals surface area contributed by atoms with Gasteiger partial charge in [0, 0.05) is 12.8 Å². The number of halogens is 4. The number of rotatable bonds is 11. The minimum Gasteiger partial charge on any atom is -0.300 e. The molecule has 0 atom stereocenters. The zero-order valence-corrected chi connectivity index (χ0v) is 21.3. The molecule has 8 nitrogen and oxygen atoms in total. The van der Waals surface area contributed by atoms with E-state index in [-0.39, 0.29) is 12.8 Å². The van der Waals surface area contributed by atoms with E-state index in [1.165, 1.54) is 34.8 Å². The Hall–Kier alpha value is -3.78. The Kier molecular flexibility index (Phi) is 9.07. The maximum atomic E-state index is 13.3. The molecular weight excluding hydrogens is 544 g/mol. The number of benzene rings is 2. The highest BCUT2D eigenvalue weighted by Crippen LogP contribution is 2.21. The Bertz CT molecular complexity index is 1340. The molecule has 0 aliphatic rings. The van der Waals surface area contributed by atoms with Crippen molar-refractivity contribution in [3.05, 3.63) is 80.8 Å². The highest BCUT2D eigenvalue weighted by atomic mass is 32.1. The third kappa shape index (κ3) is 7.86. The molecule has 2 heterocycles. The van der Waals surface area contributed by atoms with Crippen LogP contribution in [0.1, 0.15) is 34.0 Å². The van der Waals surface area contributed by atoms with E-state index in [9.17, 15) is 27.2 Å². The molecule has 0 radical (unpaired) electrons. The van der Waals surface area contributed by atoms with Gasteiger partial charge in [-0.2, -0.15) is 0 Å². The van der Waals surface area contributed by atoms with Gasteiger partial charge in [0.05, 0.1) is 12.8 Å². The van der Waals surface area contributed by atoms with Gasteiger partial charge in [-0.05, 0) is 48.2 Å². The third-order valence-electron chi connectivity index (χ3n) is 5.16. The summed E-state index contributed by atoms with van der Waals surface area (Å²) in [4.78, 5) is 24.3. The number of hydrogen-bond acceptors (Lipinski definition) is 8. The van der Waals surface area contributed by atoms with Crippen LogP contribution in [0.25, 0.3) is 0 Å². The summed E-state index contributed by atoms with van der Waals surface area (Å²) >= 11 is 2.46. The zero-order chi connectivity index (χ0) is 27.1. The van der Waals surface area contributed by atoms with Crippen LogP contribution < -0.4 is 10.6 Å². The fourth-order valence-electron chi connectivity index (χ4n) is 3.36. The second-order valence-electron chi connectivity index (χ2n) is 8.16. The van der Waals surface area contributed by atoms with Crippen LogP contribution >= 0.6 is 22.7 Å². The van der Waals surface area contributed by atoms with E-state index < -0.39 is 35.1 Å². The van der Waals surface area contributed by atoms with Crippen LogP contribution in [0.3, 0.4) is 0 Å². The zero-order valence-electron chi connectivity index (χ0n) is 19.6. The quantitative estimate of drug-likeness (QED) is 0.199. The van der Waals surface area contributed by atoms with E-state index >= 15 is 0 Å². The van der Waals surface area contributed by atoms with Crippen molar-refractivity contribution in [3.8, 4) is 0 Å². The Balaban J connectivity index is 1.16. The molecule has 0 saturated carbocycles. The summed E-state index contributed by atoms with van der Waals surface area (Å²) in [6, 6.07) is 6.58. The molecule has 0 saturated heterocycles. The van der Waals surface area contributed by atoms with Crippen molar-refractivity contribution in [1.82, 2.24) is 20.4 Å². The summed E-state index contributed by atoms with van der Waals surface area (Å²) in [5.74, 6) is -4.80. The lowest BCUT2D eigenvalue weighted by Gasteiger charge is -2.02. The fraction of sp³-hybridized carbons (Fsp3) is 0.250. The van der Waals surface area contributed by atoms with Crippen molar-refractivity contribution in [1.29, 1.82) is 0 Å². The van der Waals surface area contributed by atoms with E-state index in [1.54, 1.807) is 0 Å². The molecule has 4 aromatic rings. The van der Waals surface area contributed by atoms with Crippen LogP contribution in [0.15, 0.2) is 36.4 Å². The first-order valence-corrected chi connectivity index (χ1v) is 13.0. The van der Waals surface area contributed by atoms with Crippen molar-refractivity contribution in [3.63, 3.8) is 0 Å². The number of carbonyl (C=O) groups is 2. The Morgan fingerprint density at radius 1 is 0.632 bits per heavy atom. The van der Waals surface area contributed by atoms with Gasteiger partial charge < -0.3 is 10.6 Å². The predicted octanol–water partition coefficient (Wildman–Crippen LogP) is 4.87. The van der Waals surface area contributed by atoms with Gasteiger partial charge in [-0.25, -0.2) is 17.6 Å².